The van der Waals surface area contributed by atoms with Crippen molar-refractivity contribution in [3.05, 3.63) is 65.5 Å². The van der Waals surface area contributed by atoms with Gasteiger partial charge in [0.25, 0.3) is 0 Å². The minimum Gasteiger partial charge on any atom is -0.377 e. The van der Waals surface area contributed by atoms with E-state index in [1.165, 1.54) is 11.1 Å². The maximum Gasteiger partial charge on any atom is 0.224 e. The number of rotatable bonds is 7. The van der Waals surface area contributed by atoms with Gasteiger partial charge in [-0.2, -0.15) is 0 Å². The van der Waals surface area contributed by atoms with E-state index in [0.717, 1.165) is 64.3 Å². The maximum absolute atomic E-state index is 12.9. The predicted molar refractivity (Wildman–Crippen MR) is 109 cm³/mol. The molecule has 1 aromatic heterocycles. The van der Waals surface area contributed by atoms with Gasteiger partial charge in [-0.15, -0.1) is 0 Å². The Morgan fingerprint density at radius 1 is 1.18 bits per heavy atom. The van der Waals surface area contributed by atoms with Gasteiger partial charge in [0.05, 0.1) is 11.8 Å². The van der Waals surface area contributed by atoms with Crippen LogP contribution < -0.4 is 0 Å². The van der Waals surface area contributed by atoms with Gasteiger partial charge in [-0.3, -0.25) is 14.7 Å². The minimum atomic E-state index is 0.243. The molecule has 3 heterocycles. The predicted octanol–water partition coefficient (Wildman–Crippen LogP) is 3.04. The van der Waals surface area contributed by atoms with E-state index in [2.05, 4.69) is 34.1 Å². The van der Waals surface area contributed by atoms with Gasteiger partial charge in [0.2, 0.25) is 5.91 Å². The van der Waals surface area contributed by atoms with Crippen LogP contribution in [0.1, 0.15) is 36.1 Å². The Balaban J connectivity index is 1.34. The maximum atomic E-state index is 12.9. The molecule has 0 spiro atoms. The van der Waals surface area contributed by atoms with Gasteiger partial charge in [-0.25, -0.2) is 0 Å². The third-order valence-corrected chi connectivity index (χ3v) is 5.72. The second-order valence-corrected chi connectivity index (χ2v) is 7.78. The highest BCUT2D eigenvalue weighted by atomic mass is 16.5. The van der Waals surface area contributed by atoms with Gasteiger partial charge in [0.15, 0.2) is 0 Å². The summed E-state index contributed by atoms with van der Waals surface area (Å²) in [6.45, 7) is 4.79. The molecule has 0 bridgehead atoms. The van der Waals surface area contributed by atoms with Gasteiger partial charge < -0.3 is 9.64 Å². The number of carbonyl (C=O) groups excluding carboxylic acids is 1. The first kappa shape index (κ1) is 19.1. The molecule has 0 radical (unpaired) electrons. The fourth-order valence-corrected chi connectivity index (χ4v) is 4.15. The molecule has 2 aromatic rings. The number of carbonyl (C=O) groups is 1. The normalized spacial score (nSPS) is 19.0. The second-order valence-electron chi connectivity index (χ2n) is 7.78. The monoisotopic (exact) mass is 379 g/mol. The van der Waals surface area contributed by atoms with E-state index in [0.29, 0.717) is 6.42 Å². The third kappa shape index (κ3) is 4.97. The number of aromatic nitrogens is 1. The Kier molecular flexibility index (Phi) is 6.34. The van der Waals surface area contributed by atoms with Crippen molar-refractivity contribution >= 4 is 5.91 Å². The lowest BCUT2D eigenvalue weighted by atomic mass is 10.00. The number of fused-ring (bicyclic) bond motifs is 1. The summed E-state index contributed by atoms with van der Waals surface area (Å²) in [6.07, 6.45) is 5.84. The quantitative estimate of drug-likeness (QED) is 0.742. The van der Waals surface area contributed by atoms with E-state index >= 15 is 0 Å². The van der Waals surface area contributed by atoms with Gasteiger partial charge in [-0.05, 0) is 42.5 Å². The van der Waals surface area contributed by atoms with E-state index in [4.69, 9.17) is 4.74 Å². The van der Waals surface area contributed by atoms with Crippen LogP contribution >= 0.6 is 0 Å². The molecular formula is C23H29N3O2. The zero-order chi connectivity index (χ0) is 19.2. The number of hydrogen-bond acceptors (Lipinski definition) is 4. The molecule has 28 heavy (non-hydrogen) atoms. The highest BCUT2D eigenvalue weighted by Crippen LogP contribution is 2.20. The first-order valence-corrected chi connectivity index (χ1v) is 10.4. The first-order chi connectivity index (χ1) is 13.8. The molecule has 1 unspecified atom stereocenters. The second kappa shape index (κ2) is 9.30. The number of nitrogens with zero attached hydrogens (tertiary/aromatic N) is 3. The summed E-state index contributed by atoms with van der Waals surface area (Å²) in [5, 5.41) is 0. The summed E-state index contributed by atoms with van der Waals surface area (Å²) in [6, 6.07) is 14.5. The van der Waals surface area contributed by atoms with Crippen molar-refractivity contribution in [1.29, 1.82) is 0 Å². The van der Waals surface area contributed by atoms with Crippen LogP contribution in [-0.2, 0) is 29.0 Å². The van der Waals surface area contributed by atoms with Crippen LogP contribution in [0.15, 0.2) is 48.7 Å². The van der Waals surface area contributed by atoms with Crippen molar-refractivity contribution in [2.24, 2.45) is 0 Å². The Bertz CT molecular complexity index is 774. The summed E-state index contributed by atoms with van der Waals surface area (Å²) >= 11 is 0. The summed E-state index contributed by atoms with van der Waals surface area (Å²) in [5.41, 5.74) is 3.70. The standard InChI is InChI=1S/C23H29N3O2/c27-23(26-14-10-19-6-1-2-7-20(19)16-26)11-13-25(18-22-9-5-15-28-22)17-21-8-3-4-12-24-21/h1-4,6-8,12,22H,5,9-11,13-18H2. The zero-order valence-corrected chi connectivity index (χ0v) is 16.4. The van der Waals surface area contributed by atoms with Crippen LogP contribution in [0.25, 0.3) is 0 Å². The molecule has 5 nitrogen and oxygen atoms in total. The smallest absolute Gasteiger partial charge is 0.224 e. The van der Waals surface area contributed by atoms with Gasteiger partial charge in [0.1, 0.15) is 0 Å². The summed E-state index contributed by atoms with van der Waals surface area (Å²) in [7, 11) is 0. The molecule has 4 rings (SSSR count). The van der Waals surface area contributed by atoms with Crippen LogP contribution in [-0.4, -0.2) is 53.0 Å². The van der Waals surface area contributed by atoms with E-state index in [9.17, 15) is 4.79 Å². The molecular weight excluding hydrogens is 350 g/mol. The number of hydrogen-bond donors (Lipinski definition) is 0. The Morgan fingerprint density at radius 2 is 2.04 bits per heavy atom. The number of benzene rings is 1. The van der Waals surface area contributed by atoms with Crippen molar-refractivity contribution in [3.63, 3.8) is 0 Å². The molecule has 1 amide bonds. The van der Waals surface area contributed by atoms with E-state index in [-0.39, 0.29) is 12.0 Å². The molecule has 148 valence electrons. The SMILES string of the molecule is O=C(CCN(Cc1ccccn1)CC1CCCO1)N1CCc2ccccc2C1. The van der Waals surface area contributed by atoms with E-state index in [1.54, 1.807) is 0 Å². The van der Waals surface area contributed by atoms with Crippen LogP contribution in [0, 0.1) is 0 Å². The van der Waals surface area contributed by atoms with E-state index < -0.39 is 0 Å². The first-order valence-electron chi connectivity index (χ1n) is 10.4. The van der Waals surface area contributed by atoms with Crippen molar-refractivity contribution in [3.8, 4) is 0 Å². The average Bonchev–Trinajstić information content (AvgIpc) is 3.25. The molecule has 0 saturated carbocycles. The minimum absolute atomic E-state index is 0.243. The Morgan fingerprint density at radius 3 is 2.82 bits per heavy atom. The molecule has 0 N–H and O–H groups in total. The molecule has 0 aliphatic carbocycles. The van der Waals surface area contributed by atoms with Gasteiger partial charge in [0, 0.05) is 51.9 Å². The highest BCUT2D eigenvalue weighted by molar-refractivity contribution is 5.76. The molecule has 1 fully saturated rings. The fourth-order valence-electron chi connectivity index (χ4n) is 4.15. The third-order valence-electron chi connectivity index (χ3n) is 5.72. The molecule has 2 aliphatic heterocycles. The van der Waals surface area contributed by atoms with E-state index in [1.807, 2.05) is 29.3 Å². The van der Waals surface area contributed by atoms with Crippen LogP contribution in [0.2, 0.25) is 0 Å². The summed E-state index contributed by atoms with van der Waals surface area (Å²) in [4.78, 5) is 21.6. The summed E-state index contributed by atoms with van der Waals surface area (Å²) < 4.78 is 5.83. The molecule has 5 heteroatoms. The lowest BCUT2D eigenvalue weighted by Crippen LogP contribution is -2.39. The van der Waals surface area contributed by atoms with Gasteiger partial charge in [-0.1, -0.05) is 30.3 Å². The number of amides is 1. The Hall–Kier alpha value is -2.24. The van der Waals surface area contributed by atoms with Crippen LogP contribution in [0.4, 0.5) is 0 Å². The van der Waals surface area contributed by atoms with Crippen LogP contribution in [0.3, 0.4) is 0 Å². The van der Waals surface area contributed by atoms with Crippen molar-refractivity contribution in [2.75, 3.05) is 26.2 Å². The summed E-state index contributed by atoms with van der Waals surface area (Å²) in [5.74, 6) is 0.243. The highest BCUT2D eigenvalue weighted by Gasteiger charge is 2.23. The van der Waals surface area contributed by atoms with Gasteiger partial charge >= 0.3 is 0 Å². The average molecular weight is 380 g/mol. The molecule has 2 aliphatic rings. The zero-order valence-electron chi connectivity index (χ0n) is 16.4. The molecule has 1 atom stereocenters. The van der Waals surface area contributed by atoms with Crippen molar-refractivity contribution in [2.45, 2.75) is 44.9 Å². The van der Waals surface area contributed by atoms with Crippen molar-refractivity contribution in [1.82, 2.24) is 14.8 Å². The molecule has 1 aromatic carbocycles. The van der Waals surface area contributed by atoms with Crippen molar-refractivity contribution < 1.29 is 9.53 Å². The van der Waals surface area contributed by atoms with Crippen LogP contribution in [0.5, 0.6) is 0 Å². The molecule has 1 saturated heterocycles. The fraction of sp³-hybridized carbons (Fsp3) is 0.478. The largest absolute Gasteiger partial charge is 0.377 e. The topological polar surface area (TPSA) is 45.7 Å². The lowest BCUT2D eigenvalue weighted by molar-refractivity contribution is -0.132. The number of ether oxygens (including phenoxy) is 1. The Labute approximate surface area is 167 Å². The lowest BCUT2D eigenvalue weighted by Gasteiger charge is -2.30. The number of pyridine rings is 1.